The zero-order valence-corrected chi connectivity index (χ0v) is 17.9. The third-order valence-corrected chi connectivity index (χ3v) is 5.74. The maximum absolute atomic E-state index is 12.1. The molecule has 1 heterocycles. The SMILES string of the molecule is O=C1Nc2ccc(I)cc2/C1=C/CCCc1cc(Br)c(O)c(Br)c1. The van der Waals surface area contributed by atoms with Crippen LogP contribution in [0.2, 0.25) is 0 Å². The van der Waals surface area contributed by atoms with Gasteiger partial charge in [0.2, 0.25) is 0 Å². The number of phenols is 1. The maximum atomic E-state index is 12.1. The van der Waals surface area contributed by atoms with Gasteiger partial charge in [-0.05, 0) is 110 Å². The molecule has 0 bridgehead atoms. The summed E-state index contributed by atoms with van der Waals surface area (Å²) in [6.07, 6.45) is 4.65. The number of hydrogen-bond donors (Lipinski definition) is 2. The molecule has 0 atom stereocenters. The number of benzene rings is 2. The van der Waals surface area contributed by atoms with Crippen LogP contribution in [-0.2, 0) is 11.2 Å². The molecule has 124 valence electrons. The molecule has 6 heteroatoms. The minimum atomic E-state index is -0.0258. The van der Waals surface area contributed by atoms with Gasteiger partial charge in [0.1, 0.15) is 5.75 Å². The van der Waals surface area contributed by atoms with E-state index < -0.39 is 0 Å². The van der Waals surface area contributed by atoms with E-state index in [2.05, 4.69) is 59.8 Å². The zero-order valence-electron chi connectivity index (χ0n) is 12.6. The Labute approximate surface area is 170 Å². The maximum Gasteiger partial charge on any atom is 0.256 e. The van der Waals surface area contributed by atoms with E-state index in [9.17, 15) is 9.90 Å². The number of aromatic hydroxyl groups is 1. The summed E-state index contributed by atoms with van der Waals surface area (Å²) in [6.45, 7) is 0. The minimum Gasteiger partial charge on any atom is -0.506 e. The van der Waals surface area contributed by atoms with E-state index in [1.807, 2.05) is 36.4 Å². The lowest BCUT2D eigenvalue weighted by Gasteiger charge is -2.05. The third-order valence-electron chi connectivity index (χ3n) is 3.86. The summed E-state index contributed by atoms with van der Waals surface area (Å²) < 4.78 is 2.49. The number of carbonyl (C=O) groups is 1. The van der Waals surface area contributed by atoms with E-state index >= 15 is 0 Å². The van der Waals surface area contributed by atoms with Gasteiger partial charge in [-0.1, -0.05) is 6.08 Å². The molecule has 0 spiro atoms. The predicted molar refractivity (Wildman–Crippen MR) is 112 cm³/mol. The van der Waals surface area contributed by atoms with Crippen molar-refractivity contribution >= 4 is 71.6 Å². The zero-order chi connectivity index (χ0) is 17.3. The summed E-state index contributed by atoms with van der Waals surface area (Å²) in [7, 11) is 0. The predicted octanol–water partition coefficient (Wildman–Crippen LogP) is 5.88. The topological polar surface area (TPSA) is 49.3 Å². The number of aryl methyl sites for hydroxylation is 1. The Hall–Kier alpha value is -0.860. The molecule has 24 heavy (non-hydrogen) atoms. The lowest BCUT2D eigenvalue weighted by atomic mass is 10.0. The average Bonchev–Trinajstić information content (AvgIpc) is 2.84. The molecule has 1 amide bonds. The van der Waals surface area contributed by atoms with Gasteiger partial charge in [0.15, 0.2) is 0 Å². The van der Waals surface area contributed by atoms with Gasteiger partial charge in [-0.15, -0.1) is 0 Å². The molecule has 0 unspecified atom stereocenters. The second kappa shape index (κ2) is 7.58. The summed E-state index contributed by atoms with van der Waals surface area (Å²) in [5.41, 5.74) is 3.77. The first-order chi connectivity index (χ1) is 11.5. The summed E-state index contributed by atoms with van der Waals surface area (Å²) >= 11 is 8.95. The molecular formula is C18H14Br2INO2. The number of allylic oxidation sites excluding steroid dienone is 1. The molecule has 0 fully saturated rings. The molecule has 0 saturated carbocycles. The molecule has 2 aromatic rings. The highest BCUT2D eigenvalue weighted by Crippen LogP contribution is 2.35. The van der Waals surface area contributed by atoms with Gasteiger partial charge in [0.25, 0.3) is 5.91 Å². The number of unbranched alkanes of at least 4 members (excludes halogenated alkanes) is 1. The van der Waals surface area contributed by atoms with Gasteiger partial charge in [-0.2, -0.15) is 0 Å². The number of halogens is 3. The molecule has 0 aliphatic carbocycles. The van der Waals surface area contributed by atoms with Crippen LogP contribution in [0.25, 0.3) is 5.57 Å². The number of nitrogens with one attached hydrogen (secondary N) is 1. The van der Waals surface area contributed by atoms with Crippen LogP contribution in [0.4, 0.5) is 5.69 Å². The third kappa shape index (κ3) is 3.86. The summed E-state index contributed by atoms with van der Waals surface area (Å²) in [5.74, 6) is 0.192. The van der Waals surface area contributed by atoms with E-state index in [0.717, 1.165) is 45.2 Å². The fourth-order valence-corrected chi connectivity index (χ4v) is 4.45. The molecule has 2 N–H and O–H groups in total. The van der Waals surface area contributed by atoms with Crippen molar-refractivity contribution in [2.45, 2.75) is 19.3 Å². The van der Waals surface area contributed by atoms with Crippen LogP contribution < -0.4 is 5.32 Å². The largest absolute Gasteiger partial charge is 0.506 e. The number of phenolic OH excluding ortho intramolecular Hbond substituents is 1. The van der Waals surface area contributed by atoms with Crippen molar-refractivity contribution in [3.05, 3.63) is 60.1 Å². The Bertz CT molecular complexity index is 826. The minimum absolute atomic E-state index is 0.0258. The van der Waals surface area contributed by atoms with Gasteiger partial charge < -0.3 is 10.4 Å². The van der Waals surface area contributed by atoms with Gasteiger partial charge in [-0.25, -0.2) is 0 Å². The summed E-state index contributed by atoms with van der Waals surface area (Å²) in [6, 6.07) is 9.82. The van der Waals surface area contributed by atoms with E-state index in [4.69, 9.17) is 0 Å². The molecule has 2 aromatic carbocycles. The van der Waals surface area contributed by atoms with Crippen molar-refractivity contribution in [1.29, 1.82) is 0 Å². The molecule has 0 aromatic heterocycles. The lowest BCUT2D eigenvalue weighted by Crippen LogP contribution is -2.03. The normalized spacial score (nSPS) is 14.8. The number of amides is 1. The fourth-order valence-electron chi connectivity index (χ4n) is 2.68. The molecule has 0 saturated heterocycles. The molecule has 0 radical (unpaired) electrons. The number of hydrogen-bond acceptors (Lipinski definition) is 2. The van der Waals surface area contributed by atoms with E-state index in [1.54, 1.807) is 0 Å². The molecule has 3 rings (SSSR count). The first kappa shape index (κ1) is 17.9. The lowest BCUT2D eigenvalue weighted by molar-refractivity contribution is -0.110. The monoisotopic (exact) mass is 561 g/mol. The highest BCUT2D eigenvalue weighted by molar-refractivity contribution is 14.1. The quantitative estimate of drug-likeness (QED) is 0.278. The van der Waals surface area contributed by atoms with E-state index in [0.29, 0.717) is 8.95 Å². The average molecular weight is 563 g/mol. The molecule has 1 aliphatic rings. The standard InChI is InChI=1S/C18H14Br2INO2/c19-14-7-10(8-15(20)17(14)23)3-1-2-4-12-13-9-11(21)5-6-16(13)22-18(12)24/h4-9,23H,1-3H2,(H,22,24)/b12-4-. The molecular weight excluding hydrogens is 549 g/mol. The van der Waals surface area contributed by atoms with E-state index in [1.165, 1.54) is 0 Å². The van der Waals surface area contributed by atoms with Gasteiger partial charge in [0, 0.05) is 20.4 Å². The Morgan fingerprint density at radius 1 is 1.17 bits per heavy atom. The fraction of sp³-hybridized carbons (Fsp3) is 0.167. The molecule has 1 aliphatic heterocycles. The van der Waals surface area contributed by atoms with Crippen LogP contribution in [0.1, 0.15) is 24.0 Å². The number of carbonyl (C=O) groups excluding carboxylic acids is 1. The van der Waals surface area contributed by atoms with Crippen LogP contribution in [0.3, 0.4) is 0 Å². The van der Waals surface area contributed by atoms with E-state index in [-0.39, 0.29) is 11.7 Å². The number of fused-ring (bicyclic) bond motifs is 1. The van der Waals surface area contributed by atoms with Crippen molar-refractivity contribution in [3.63, 3.8) is 0 Å². The van der Waals surface area contributed by atoms with Crippen molar-refractivity contribution in [1.82, 2.24) is 0 Å². The van der Waals surface area contributed by atoms with Crippen molar-refractivity contribution in [2.24, 2.45) is 0 Å². The van der Waals surface area contributed by atoms with Gasteiger partial charge in [0.05, 0.1) is 8.95 Å². The van der Waals surface area contributed by atoms with Crippen LogP contribution >= 0.6 is 54.5 Å². The van der Waals surface area contributed by atoms with Crippen LogP contribution in [0, 0.1) is 3.57 Å². The first-order valence-electron chi connectivity index (χ1n) is 7.44. The highest BCUT2D eigenvalue weighted by atomic mass is 127. The Kier molecular flexibility index (Phi) is 5.66. The van der Waals surface area contributed by atoms with Gasteiger partial charge in [-0.3, -0.25) is 4.79 Å². The van der Waals surface area contributed by atoms with Crippen molar-refractivity contribution in [2.75, 3.05) is 5.32 Å². The Morgan fingerprint density at radius 2 is 1.88 bits per heavy atom. The van der Waals surface area contributed by atoms with Gasteiger partial charge >= 0.3 is 0 Å². The Balaban J connectivity index is 1.67. The number of anilines is 1. The summed E-state index contributed by atoms with van der Waals surface area (Å²) in [5, 5.41) is 12.6. The van der Waals surface area contributed by atoms with Crippen LogP contribution in [0.15, 0.2) is 45.4 Å². The smallest absolute Gasteiger partial charge is 0.256 e. The summed E-state index contributed by atoms with van der Waals surface area (Å²) in [4.78, 5) is 12.1. The number of rotatable bonds is 4. The first-order valence-corrected chi connectivity index (χ1v) is 10.1. The highest BCUT2D eigenvalue weighted by Gasteiger charge is 2.23. The van der Waals surface area contributed by atoms with Crippen LogP contribution in [-0.4, -0.2) is 11.0 Å². The Morgan fingerprint density at radius 3 is 2.58 bits per heavy atom. The van der Waals surface area contributed by atoms with Crippen molar-refractivity contribution < 1.29 is 9.90 Å². The second-order valence-corrected chi connectivity index (χ2v) is 8.52. The second-order valence-electron chi connectivity index (χ2n) is 5.56. The van der Waals surface area contributed by atoms with Crippen LogP contribution in [0.5, 0.6) is 5.75 Å². The van der Waals surface area contributed by atoms with Crippen molar-refractivity contribution in [3.8, 4) is 5.75 Å². The molecule has 3 nitrogen and oxygen atoms in total.